The molecule has 0 saturated heterocycles. The van der Waals surface area contributed by atoms with Gasteiger partial charge in [-0.05, 0) is 56.9 Å². The van der Waals surface area contributed by atoms with E-state index in [0.717, 1.165) is 35.5 Å². The monoisotopic (exact) mass is 319 g/mol. The molecular formula is C18H25NO4. The van der Waals surface area contributed by atoms with Crippen molar-refractivity contribution < 1.29 is 19.0 Å². The Labute approximate surface area is 137 Å². The quantitative estimate of drug-likeness (QED) is 0.842. The average molecular weight is 319 g/mol. The molecule has 0 fully saturated rings. The molecule has 1 heterocycles. The van der Waals surface area contributed by atoms with E-state index in [2.05, 4.69) is 0 Å². The van der Waals surface area contributed by atoms with Gasteiger partial charge in [0.1, 0.15) is 17.1 Å². The lowest BCUT2D eigenvalue weighted by Gasteiger charge is -2.28. The molecule has 0 atom stereocenters. The number of methoxy groups -OCH3 is 2. The fourth-order valence-corrected chi connectivity index (χ4v) is 2.43. The molecule has 0 spiro atoms. The number of carbonyl (C=O) groups is 1. The molecule has 0 unspecified atom stereocenters. The molecule has 5 heteroatoms. The van der Waals surface area contributed by atoms with E-state index in [-0.39, 0.29) is 6.09 Å². The zero-order valence-corrected chi connectivity index (χ0v) is 14.5. The third-order valence-electron chi connectivity index (χ3n) is 3.51. The van der Waals surface area contributed by atoms with Crippen LogP contribution < -0.4 is 9.47 Å². The van der Waals surface area contributed by atoms with Crippen LogP contribution in [-0.2, 0) is 4.74 Å². The highest BCUT2D eigenvalue weighted by molar-refractivity contribution is 5.75. The average Bonchev–Trinajstić information content (AvgIpc) is 2.52. The minimum Gasteiger partial charge on any atom is -0.497 e. The predicted octanol–water partition coefficient (Wildman–Crippen LogP) is 4.08. The first-order valence-corrected chi connectivity index (χ1v) is 7.76. The summed E-state index contributed by atoms with van der Waals surface area (Å²) in [5.74, 6) is 1.46. The highest BCUT2D eigenvalue weighted by Crippen LogP contribution is 2.31. The number of hydrogen-bond donors (Lipinski definition) is 0. The number of carbonyl (C=O) groups excluding carboxylic acids is 1. The molecule has 0 bridgehead atoms. The van der Waals surface area contributed by atoms with Crippen LogP contribution in [0, 0.1) is 0 Å². The topological polar surface area (TPSA) is 48.0 Å². The lowest BCUT2D eigenvalue weighted by atomic mass is 9.99. The van der Waals surface area contributed by atoms with E-state index in [1.807, 2.05) is 45.2 Å². The first-order valence-electron chi connectivity index (χ1n) is 7.76. The number of benzene rings is 1. The SMILES string of the molecule is COc1cc(OC)cc(C2=CN(C(=O)OC(C)(C)C)CCC2)c1. The lowest BCUT2D eigenvalue weighted by Crippen LogP contribution is -2.35. The summed E-state index contributed by atoms with van der Waals surface area (Å²) in [6, 6.07) is 5.73. The summed E-state index contributed by atoms with van der Waals surface area (Å²) in [4.78, 5) is 13.9. The Morgan fingerprint density at radius 3 is 2.22 bits per heavy atom. The van der Waals surface area contributed by atoms with Crippen LogP contribution in [0.1, 0.15) is 39.2 Å². The Morgan fingerprint density at radius 1 is 1.09 bits per heavy atom. The van der Waals surface area contributed by atoms with Crippen molar-refractivity contribution in [1.29, 1.82) is 0 Å². The minimum absolute atomic E-state index is 0.315. The van der Waals surface area contributed by atoms with E-state index in [0.29, 0.717) is 6.54 Å². The summed E-state index contributed by atoms with van der Waals surface area (Å²) in [5.41, 5.74) is 1.57. The Balaban J connectivity index is 2.27. The van der Waals surface area contributed by atoms with E-state index in [1.54, 1.807) is 19.1 Å². The van der Waals surface area contributed by atoms with Crippen molar-refractivity contribution in [1.82, 2.24) is 4.90 Å². The largest absolute Gasteiger partial charge is 0.497 e. The van der Waals surface area contributed by atoms with Crippen molar-refractivity contribution in [3.8, 4) is 11.5 Å². The van der Waals surface area contributed by atoms with E-state index in [1.165, 1.54) is 0 Å². The zero-order chi connectivity index (χ0) is 17.0. The smallest absolute Gasteiger partial charge is 0.414 e. The van der Waals surface area contributed by atoms with Crippen LogP contribution in [-0.4, -0.2) is 37.4 Å². The third kappa shape index (κ3) is 4.65. The van der Waals surface area contributed by atoms with Gasteiger partial charge in [0, 0.05) is 18.8 Å². The second-order valence-electron chi connectivity index (χ2n) is 6.53. The maximum absolute atomic E-state index is 12.2. The van der Waals surface area contributed by atoms with Crippen LogP contribution in [0.25, 0.3) is 5.57 Å². The number of amides is 1. The summed E-state index contributed by atoms with van der Waals surface area (Å²) in [6.45, 7) is 6.27. The molecule has 126 valence electrons. The molecule has 23 heavy (non-hydrogen) atoms. The summed E-state index contributed by atoms with van der Waals surface area (Å²) >= 11 is 0. The molecule has 1 aliphatic heterocycles. The van der Waals surface area contributed by atoms with Gasteiger partial charge < -0.3 is 14.2 Å². The van der Waals surface area contributed by atoms with E-state index >= 15 is 0 Å². The van der Waals surface area contributed by atoms with E-state index in [9.17, 15) is 4.79 Å². The Kier molecular flexibility index (Phi) is 5.19. The summed E-state index contributed by atoms with van der Waals surface area (Å²) in [6.07, 6.45) is 3.34. The highest BCUT2D eigenvalue weighted by atomic mass is 16.6. The minimum atomic E-state index is -0.498. The van der Waals surface area contributed by atoms with Gasteiger partial charge in [0.15, 0.2) is 0 Å². The van der Waals surface area contributed by atoms with Crippen LogP contribution in [0.3, 0.4) is 0 Å². The molecule has 1 aromatic rings. The van der Waals surface area contributed by atoms with Crippen molar-refractivity contribution in [3.05, 3.63) is 30.0 Å². The third-order valence-corrected chi connectivity index (χ3v) is 3.51. The number of rotatable bonds is 3. The van der Waals surface area contributed by atoms with Gasteiger partial charge in [0.2, 0.25) is 0 Å². The van der Waals surface area contributed by atoms with Crippen LogP contribution in [0.2, 0.25) is 0 Å². The predicted molar refractivity (Wildman–Crippen MR) is 89.7 cm³/mol. The second-order valence-corrected chi connectivity index (χ2v) is 6.53. The van der Waals surface area contributed by atoms with Crippen LogP contribution >= 0.6 is 0 Å². The van der Waals surface area contributed by atoms with E-state index < -0.39 is 5.60 Å². The van der Waals surface area contributed by atoms with Crippen molar-refractivity contribution in [3.63, 3.8) is 0 Å². The van der Waals surface area contributed by atoms with Gasteiger partial charge in [-0.15, -0.1) is 0 Å². The molecule has 2 rings (SSSR count). The van der Waals surface area contributed by atoms with Crippen LogP contribution in [0.15, 0.2) is 24.4 Å². The van der Waals surface area contributed by atoms with Gasteiger partial charge in [-0.1, -0.05) is 0 Å². The normalized spacial score (nSPS) is 15.0. The number of ether oxygens (including phenoxy) is 3. The molecule has 0 saturated carbocycles. The molecule has 0 aliphatic carbocycles. The van der Waals surface area contributed by atoms with Gasteiger partial charge in [-0.3, -0.25) is 4.90 Å². The lowest BCUT2D eigenvalue weighted by molar-refractivity contribution is 0.0329. The van der Waals surface area contributed by atoms with Crippen LogP contribution in [0.4, 0.5) is 4.79 Å². The first kappa shape index (κ1) is 17.2. The Bertz CT molecular complexity index is 579. The standard InChI is InChI=1S/C18H25NO4/c1-18(2,3)23-17(20)19-8-6-7-13(12-19)14-9-15(21-4)11-16(10-14)22-5/h9-12H,6-8H2,1-5H3. The summed E-state index contributed by atoms with van der Waals surface area (Å²) < 4.78 is 16.1. The fraction of sp³-hybridized carbons (Fsp3) is 0.500. The van der Waals surface area contributed by atoms with Gasteiger partial charge >= 0.3 is 6.09 Å². The molecule has 0 N–H and O–H groups in total. The van der Waals surface area contributed by atoms with Crippen molar-refractivity contribution in [2.24, 2.45) is 0 Å². The molecule has 1 aromatic carbocycles. The molecule has 1 amide bonds. The highest BCUT2D eigenvalue weighted by Gasteiger charge is 2.23. The number of nitrogens with zero attached hydrogens (tertiary/aromatic N) is 1. The number of hydrogen-bond acceptors (Lipinski definition) is 4. The first-order chi connectivity index (χ1) is 10.8. The van der Waals surface area contributed by atoms with E-state index in [4.69, 9.17) is 14.2 Å². The number of allylic oxidation sites excluding steroid dienone is 1. The molecule has 0 radical (unpaired) electrons. The van der Waals surface area contributed by atoms with Gasteiger partial charge in [0.05, 0.1) is 14.2 Å². The summed E-state index contributed by atoms with van der Waals surface area (Å²) in [7, 11) is 3.25. The van der Waals surface area contributed by atoms with Gasteiger partial charge in [0.25, 0.3) is 0 Å². The zero-order valence-electron chi connectivity index (χ0n) is 14.5. The molecule has 5 nitrogen and oxygen atoms in total. The van der Waals surface area contributed by atoms with Crippen molar-refractivity contribution in [2.75, 3.05) is 20.8 Å². The molecule has 0 aromatic heterocycles. The maximum atomic E-state index is 12.2. The van der Waals surface area contributed by atoms with Crippen molar-refractivity contribution >= 4 is 11.7 Å². The summed E-state index contributed by atoms with van der Waals surface area (Å²) in [5, 5.41) is 0. The van der Waals surface area contributed by atoms with Crippen molar-refractivity contribution in [2.45, 2.75) is 39.2 Å². The molecular weight excluding hydrogens is 294 g/mol. The maximum Gasteiger partial charge on any atom is 0.414 e. The Morgan fingerprint density at radius 2 is 1.70 bits per heavy atom. The second kappa shape index (κ2) is 6.94. The van der Waals surface area contributed by atoms with Gasteiger partial charge in [-0.25, -0.2) is 4.79 Å². The van der Waals surface area contributed by atoms with Gasteiger partial charge in [-0.2, -0.15) is 0 Å². The Hall–Kier alpha value is -2.17. The van der Waals surface area contributed by atoms with Crippen LogP contribution in [0.5, 0.6) is 11.5 Å². The molecule has 1 aliphatic rings. The fourth-order valence-electron chi connectivity index (χ4n) is 2.43.